The molecule has 4 nitrogen and oxygen atoms in total. The Kier molecular flexibility index (Phi) is 5.53. The van der Waals surface area contributed by atoms with Gasteiger partial charge in [0.25, 0.3) is 0 Å². The zero-order chi connectivity index (χ0) is 16.9. The van der Waals surface area contributed by atoms with E-state index >= 15 is 0 Å². The molecule has 0 radical (unpaired) electrons. The van der Waals surface area contributed by atoms with E-state index in [9.17, 15) is 0 Å². The maximum Gasteiger partial charge on any atom is 0.129 e. The first kappa shape index (κ1) is 17.0. The van der Waals surface area contributed by atoms with Crippen LogP contribution in [0.25, 0.3) is 0 Å². The molecule has 1 heterocycles. The number of anilines is 1. The molecule has 1 fully saturated rings. The van der Waals surface area contributed by atoms with Crippen molar-refractivity contribution in [3.8, 4) is 5.75 Å². The van der Waals surface area contributed by atoms with E-state index in [0.717, 1.165) is 53.5 Å². The highest BCUT2D eigenvalue weighted by molar-refractivity contribution is 9.10. The summed E-state index contributed by atoms with van der Waals surface area (Å²) >= 11 is 3.51. The van der Waals surface area contributed by atoms with Crippen LogP contribution in [0.2, 0.25) is 0 Å². The average molecular weight is 389 g/mol. The van der Waals surface area contributed by atoms with Gasteiger partial charge in [-0.25, -0.2) is 0 Å². The van der Waals surface area contributed by atoms with Gasteiger partial charge in [0.1, 0.15) is 5.75 Å². The molecule has 3 rings (SSSR count). The first-order valence-electron chi connectivity index (χ1n) is 7.98. The quantitative estimate of drug-likeness (QED) is 0.729. The van der Waals surface area contributed by atoms with Crippen molar-refractivity contribution in [1.82, 2.24) is 0 Å². The third kappa shape index (κ3) is 3.97. The topological polar surface area (TPSA) is 34.1 Å². The van der Waals surface area contributed by atoms with E-state index in [1.54, 1.807) is 7.11 Å². The Morgan fingerprint density at radius 1 is 1.17 bits per heavy atom. The standard InChI is InChI=1S/C19H21BrN2O2/c1-14-11-16(4-6-18(14)20)21-13-15-3-5-17(12-19(15)23-2)22-7-9-24-10-8-22/h3-6,11-13H,7-10H2,1-2H3. The largest absolute Gasteiger partial charge is 0.496 e. The number of aliphatic imine (C=N–C) groups is 1. The third-order valence-electron chi connectivity index (χ3n) is 4.09. The van der Waals surface area contributed by atoms with E-state index < -0.39 is 0 Å². The molecule has 0 saturated carbocycles. The van der Waals surface area contributed by atoms with Crippen LogP contribution < -0.4 is 9.64 Å². The number of hydrogen-bond acceptors (Lipinski definition) is 4. The van der Waals surface area contributed by atoms with Gasteiger partial charge in [-0.15, -0.1) is 0 Å². The highest BCUT2D eigenvalue weighted by Crippen LogP contribution is 2.27. The molecule has 0 aromatic heterocycles. The van der Waals surface area contributed by atoms with Gasteiger partial charge < -0.3 is 14.4 Å². The highest BCUT2D eigenvalue weighted by Gasteiger charge is 2.13. The van der Waals surface area contributed by atoms with Crippen molar-refractivity contribution < 1.29 is 9.47 Å². The van der Waals surface area contributed by atoms with Gasteiger partial charge >= 0.3 is 0 Å². The molecule has 1 aliphatic rings. The number of hydrogen-bond donors (Lipinski definition) is 0. The van der Waals surface area contributed by atoms with Crippen molar-refractivity contribution in [2.45, 2.75) is 6.92 Å². The minimum absolute atomic E-state index is 0.772. The van der Waals surface area contributed by atoms with Crippen molar-refractivity contribution in [3.63, 3.8) is 0 Å². The van der Waals surface area contributed by atoms with Crippen LogP contribution in [0.4, 0.5) is 11.4 Å². The van der Waals surface area contributed by atoms with Crippen molar-refractivity contribution >= 4 is 33.5 Å². The van der Waals surface area contributed by atoms with E-state index in [4.69, 9.17) is 9.47 Å². The lowest BCUT2D eigenvalue weighted by molar-refractivity contribution is 0.122. The Balaban J connectivity index is 1.82. The second-order valence-electron chi connectivity index (χ2n) is 5.72. The molecule has 5 heteroatoms. The molecule has 2 aromatic rings. The van der Waals surface area contributed by atoms with Gasteiger partial charge in [0, 0.05) is 41.1 Å². The van der Waals surface area contributed by atoms with Crippen LogP contribution in [0.15, 0.2) is 45.9 Å². The predicted molar refractivity (Wildman–Crippen MR) is 102 cm³/mol. The van der Waals surface area contributed by atoms with Gasteiger partial charge in [-0.2, -0.15) is 0 Å². The Morgan fingerprint density at radius 3 is 2.67 bits per heavy atom. The molecule has 1 aliphatic heterocycles. The second kappa shape index (κ2) is 7.81. The smallest absolute Gasteiger partial charge is 0.129 e. The van der Waals surface area contributed by atoms with Crippen LogP contribution in [0, 0.1) is 6.92 Å². The van der Waals surface area contributed by atoms with Crippen LogP contribution in [0.1, 0.15) is 11.1 Å². The van der Waals surface area contributed by atoms with Crippen LogP contribution >= 0.6 is 15.9 Å². The molecule has 0 aliphatic carbocycles. The normalized spacial score (nSPS) is 15.0. The minimum Gasteiger partial charge on any atom is -0.496 e. The summed E-state index contributed by atoms with van der Waals surface area (Å²) in [6, 6.07) is 12.3. The van der Waals surface area contributed by atoms with Crippen molar-refractivity contribution in [2.24, 2.45) is 4.99 Å². The van der Waals surface area contributed by atoms with Gasteiger partial charge in [-0.05, 0) is 42.8 Å². The summed E-state index contributed by atoms with van der Waals surface area (Å²) < 4.78 is 12.1. The van der Waals surface area contributed by atoms with Crippen LogP contribution in [-0.4, -0.2) is 39.6 Å². The number of halogens is 1. The predicted octanol–water partition coefficient (Wildman–Crippen LogP) is 4.35. The molecular weight excluding hydrogens is 368 g/mol. The summed E-state index contributed by atoms with van der Waals surface area (Å²) in [6.07, 6.45) is 1.85. The summed E-state index contributed by atoms with van der Waals surface area (Å²) in [7, 11) is 1.69. The maximum atomic E-state index is 5.55. The lowest BCUT2D eigenvalue weighted by atomic mass is 10.1. The summed E-state index contributed by atoms with van der Waals surface area (Å²) in [5.74, 6) is 0.830. The molecular formula is C19H21BrN2O2. The Labute approximate surface area is 151 Å². The molecule has 0 bridgehead atoms. The molecule has 0 atom stereocenters. The fourth-order valence-electron chi connectivity index (χ4n) is 2.68. The summed E-state index contributed by atoms with van der Waals surface area (Å²) in [4.78, 5) is 6.88. The van der Waals surface area contributed by atoms with Gasteiger partial charge in [0.05, 0.1) is 26.0 Å². The Bertz CT molecular complexity index is 740. The Morgan fingerprint density at radius 2 is 1.96 bits per heavy atom. The number of nitrogens with zero attached hydrogens (tertiary/aromatic N) is 2. The number of ether oxygens (including phenoxy) is 2. The van der Waals surface area contributed by atoms with Crippen molar-refractivity contribution in [3.05, 3.63) is 52.0 Å². The lowest BCUT2D eigenvalue weighted by Gasteiger charge is -2.29. The zero-order valence-electron chi connectivity index (χ0n) is 14.0. The van der Waals surface area contributed by atoms with E-state index in [1.807, 2.05) is 18.3 Å². The average Bonchev–Trinajstić information content (AvgIpc) is 2.63. The number of methoxy groups -OCH3 is 1. The van der Waals surface area contributed by atoms with Crippen molar-refractivity contribution in [2.75, 3.05) is 38.3 Å². The summed E-state index contributed by atoms with van der Waals surface area (Å²) in [5.41, 5.74) is 4.22. The molecule has 0 amide bonds. The first-order chi connectivity index (χ1) is 11.7. The monoisotopic (exact) mass is 388 g/mol. The molecule has 1 saturated heterocycles. The Hall–Kier alpha value is -1.85. The summed E-state index contributed by atoms with van der Waals surface area (Å²) in [6.45, 7) is 5.42. The first-order valence-corrected chi connectivity index (χ1v) is 8.77. The SMILES string of the molecule is COc1cc(N2CCOCC2)ccc1C=Nc1ccc(Br)c(C)c1. The molecule has 0 unspecified atom stereocenters. The van der Waals surface area contributed by atoms with Crippen LogP contribution in [-0.2, 0) is 4.74 Å². The molecule has 0 spiro atoms. The van der Waals surface area contributed by atoms with Crippen LogP contribution in [0.3, 0.4) is 0 Å². The second-order valence-corrected chi connectivity index (χ2v) is 6.57. The van der Waals surface area contributed by atoms with Gasteiger partial charge in [0.2, 0.25) is 0 Å². The van der Waals surface area contributed by atoms with E-state index in [0.29, 0.717) is 0 Å². The maximum absolute atomic E-state index is 5.55. The molecule has 126 valence electrons. The fourth-order valence-corrected chi connectivity index (χ4v) is 2.92. The zero-order valence-corrected chi connectivity index (χ0v) is 15.5. The fraction of sp³-hybridized carbons (Fsp3) is 0.316. The number of morpholine rings is 1. The van der Waals surface area contributed by atoms with E-state index in [-0.39, 0.29) is 0 Å². The number of rotatable bonds is 4. The van der Waals surface area contributed by atoms with Crippen molar-refractivity contribution in [1.29, 1.82) is 0 Å². The van der Waals surface area contributed by atoms with Gasteiger partial charge in [0.15, 0.2) is 0 Å². The lowest BCUT2D eigenvalue weighted by Crippen LogP contribution is -2.36. The molecule has 24 heavy (non-hydrogen) atoms. The summed E-state index contributed by atoms with van der Waals surface area (Å²) in [5, 5.41) is 0. The van der Waals surface area contributed by atoms with Gasteiger partial charge in [-0.1, -0.05) is 15.9 Å². The van der Waals surface area contributed by atoms with E-state index in [2.05, 4.69) is 57.0 Å². The van der Waals surface area contributed by atoms with Crippen LogP contribution in [0.5, 0.6) is 5.75 Å². The highest BCUT2D eigenvalue weighted by atomic mass is 79.9. The minimum atomic E-state index is 0.772. The van der Waals surface area contributed by atoms with E-state index in [1.165, 1.54) is 5.56 Å². The molecule has 0 N–H and O–H groups in total. The number of benzene rings is 2. The third-order valence-corrected chi connectivity index (χ3v) is 4.98. The molecule has 2 aromatic carbocycles. The number of aryl methyl sites for hydroxylation is 1. The van der Waals surface area contributed by atoms with Gasteiger partial charge in [-0.3, -0.25) is 4.99 Å².